The van der Waals surface area contributed by atoms with Crippen molar-refractivity contribution >= 4 is 54.5 Å². The first-order valence-corrected chi connectivity index (χ1v) is 4.98. The molecule has 0 aliphatic rings. The van der Waals surface area contributed by atoms with E-state index >= 15 is 0 Å². The Hall–Kier alpha value is 0.640. The van der Waals surface area contributed by atoms with Crippen LogP contribution in [-0.2, 0) is 0 Å². The summed E-state index contributed by atoms with van der Waals surface area (Å²) in [7, 11) is 0. The van der Waals surface area contributed by atoms with Crippen molar-refractivity contribution in [1.82, 2.24) is 4.98 Å². The molecule has 0 aliphatic heterocycles. The fourth-order valence-corrected chi connectivity index (χ4v) is 1.67. The highest BCUT2D eigenvalue weighted by Crippen LogP contribution is 2.27. The maximum absolute atomic E-state index is 9.09. The van der Waals surface area contributed by atoms with Crippen LogP contribution in [-0.4, -0.2) is 10.1 Å². The minimum atomic E-state index is 0.160. The Morgan fingerprint density at radius 2 is 2.00 bits per heavy atom. The average molecular weight is 379 g/mol. The second kappa shape index (κ2) is 3.36. The van der Waals surface area contributed by atoms with Crippen LogP contribution >= 0.6 is 54.5 Å². The average Bonchev–Trinajstić information content (AvgIpc) is 1.84. The highest BCUT2D eigenvalue weighted by atomic mass is 127. The number of aromatic hydroxyl groups is 1. The number of pyridine rings is 1. The maximum Gasteiger partial charge on any atom is 0.149 e. The van der Waals surface area contributed by atoms with Crippen LogP contribution in [0.25, 0.3) is 0 Å². The summed E-state index contributed by atoms with van der Waals surface area (Å²) in [5, 5.41) is 9.09. The third kappa shape index (κ3) is 1.82. The predicted octanol–water partition coefficient (Wildman–Crippen LogP) is 2.92. The fraction of sp³-hybridized carbons (Fsp3) is 0. The van der Waals surface area contributed by atoms with Gasteiger partial charge in [-0.3, -0.25) is 0 Å². The van der Waals surface area contributed by atoms with Gasteiger partial charge in [-0.05, 0) is 60.5 Å². The molecular weight excluding hydrogens is 377 g/mol. The van der Waals surface area contributed by atoms with Gasteiger partial charge in [0.2, 0.25) is 0 Å². The van der Waals surface area contributed by atoms with E-state index in [-0.39, 0.29) is 5.75 Å². The third-order valence-electron chi connectivity index (χ3n) is 0.868. The highest BCUT2D eigenvalue weighted by Gasteiger charge is 2.03. The molecule has 0 aromatic carbocycles. The topological polar surface area (TPSA) is 33.1 Å². The summed E-state index contributed by atoms with van der Waals surface area (Å²) < 4.78 is 2.08. The molecule has 1 heterocycles. The van der Waals surface area contributed by atoms with Crippen molar-refractivity contribution < 1.29 is 5.11 Å². The number of nitrogens with zero attached hydrogens (tertiary/aromatic N) is 1. The van der Waals surface area contributed by atoms with Gasteiger partial charge < -0.3 is 5.11 Å². The highest BCUT2D eigenvalue weighted by molar-refractivity contribution is 14.1. The van der Waals surface area contributed by atoms with E-state index in [2.05, 4.69) is 59.4 Å². The van der Waals surface area contributed by atoms with Gasteiger partial charge in [0.25, 0.3) is 0 Å². The monoisotopic (exact) mass is 377 g/mol. The Morgan fingerprint density at radius 3 is 2.50 bits per heavy atom. The van der Waals surface area contributed by atoms with Gasteiger partial charge in [-0.1, -0.05) is 0 Å². The zero-order valence-electron chi connectivity index (χ0n) is 4.61. The molecule has 54 valence electrons. The summed E-state index contributed by atoms with van der Waals surface area (Å²) in [6.45, 7) is 0. The minimum Gasteiger partial charge on any atom is -0.505 e. The summed E-state index contributed by atoms with van der Waals surface area (Å²) in [4.78, 5) is 3.95. The fourth-order valence-electron chi connectivity index (χ4n) is 0.436. The van der Waals surface area contributed by atoms with Gasteiger partial charge in [-0.15, -0.1) is 0 Å². The number of aromatic nitrogens is 1. The molecule has 0 unspecified atom stereocenters. The van der Waals surface area contributed by atoms with E-state index in [4.69, 9.17) is 5.11 Å². The van der Waals surface area contributed by atoms with Crippen molar-refractivity contribution in [3.63, 3.8) is 0 Å². The summed E-state index contributed by atoms with van der Waals surface area (Å²) in [6.07, 6.45) is 0. The Kier molecular flexibility index (Phi) is 2.93. The van der Waals surface area contributed by atoms with Crippen LogP contribution in [0.15, 0.2) is 15.3 Å². The molecule has 0 bridgehead atoms. The molecule has 2 nitrogen and oxygen atoms in total. The van der Waals surface area contributed by atoms with Gasteiger partial charge in [-0.25, -0.2) is 4.98 Å². The Morgan fingerprint density at radius 1 is 1.40 bits per heavy atom. The van der Waals surface area contributed by atoms with E-state index < -0.39 is 0 Å². The lowest BCUT2D eigenvalue weighted by Crippen LogP contribution is -1.82. The van der Waals surface area contributed by atoms with E-state index in [0.717, 1.165) is 8.17 Å². The van der Waals surface area contributed by atoms with Crippen molar-refractivity contribution in [2.45, 2.75) is 0 Å². The first kappa shape index (κ1) is 8.73. The van der Waals surface area contributed by atoms with Gasteiger partial charge in [0.05, 0.1) is 0 Å². The van der Waals surface area contributed by atoms with Gasteiger partial charge >= 0.3 is 0 Å². The minimum absolute atomic E-state index is 0.160. The normalized spacial score (nSPS) is 9.90. The van der Waals surface area contributed by atoms with Crippen molar-refractivity contribution in [3.05, 3.63) is 18.8 Å². The molecule has 0 atom stereocenters. The van der Waals surface area contributed by atoms with Gasteiger partial charge in [0, 0.05) is 3.57 Å². The maximum atomic E-state index is 9.09. The third-order valence-corrected chi connectivity index (χ3v) is 3.62. The van der Waals surface area contributed by atoms with E-state index in [0.29, 0.717) is 4.60 Å². The molecular formula is C5H2Br2INO. The lowest BCUT2D eigenvalue weighted by atomic mass is 10.5. The molecule has 1 rings (SSSR count). The van der Waals surface area contributed by atoms with Crippen molar-refractivity contribution in [2.75, 3.05) is 0 Å². The van der Waals surface area contributed by atoms with Crippen LogP contribution in [0.5, 0.6) is 5.75 Å². The number of hydrogen-bond acceptors (Lipinski definition) is 2. The molecule has 0 aliphatic carbocycles. The quantitative estimate of drug-likeness (QED) is 0.556. The standard InChI is InChI=1S/C5H2Br2INO/c6-4-2(8)1-3(10)5(7)9-4/h1,10H. The van der Waals surface area contributed by atoms with Crippen LogP contribution in [0.3, 0.4) is 0 Å². The molecule has 5 heteroatoms. The van der Waals surface area contributed by atoms with Crippen molar-refractivity contribution in [2.24, 2.45) is 0 Å². The molecule has 0 radical (unpaired) electrons. The second-order valence-corrected chi connectivity index (χ2v) is 4.24. The molecule has 1 aromatic rings. The molecule has 1 aromatic heterocycles. The number of hydrogen-bond donors (Lipinski definition) is 1. The zero-order chi connectivity index (χ0) is 7.72. The van der Waals surface area contributed by atoms with Crippen LogP contribution in [0, 0.1) is 3.57 Å². The molecule has 0 saturated heterocycles. The Labute approximate surface area is 88.4 Å². The lowest BCUT2D eigenvalue weighted by molar-refractivity contribution is 0.467. The SMILES string of the molecule is Oc1cc(I)c(Br)nc1Br. The summed E-state index contributed by atoms with van der Waals surface area (Å²) >= 11 is 8.38. The van der Waals surface area contributed by atoms with E-state index in [9.17, 15) is 0 Å². The van der Waals surface area contributed by atoms with Crippen LogP contribution in [0.2, 0.25) is 0 Å². The van der Waals surface area contributed by atoms with Crippen LogP contribution < -0.4 is 0 Å². The second-order valence-electron chi connectivity index (χ2n) is 1.57. The van der Waals surface area contributed by atoms with E-state index in [1.165, 1.54) is 0 Å². The van der Waals surface area contributed by atoms with Crippen LogP contribution in [0.1, 0.15) is 0 Å². The summed E-state index contributed by atoms with van der Waals surface area (Å²) in [5.74, 6) is 0.160. The van der Waals surface area contributed by atoms with Gasteiger partial charge in [0.1, 0.15) is 15.0 Å². The molecule has 10 heavy (non-hydrogen) atoms. The van der Waals surface area contributed by atoms with Gasteiger partial charge in [-0.2, -0.15) is 0 Å². The number of halogens is 3. The molecule has 1 N–H and O–H groups in total. The van der Waals surface area contributed by atoms with E-state index in [1.54, 1.807) is 6.07 Å². The zero-order valence-corrected chi connectivity index (χ0v) is 9.94. The number of rotatable bonds is 0. The smallest absolute Gasteiger partial charge is 0.149 e. The molecule has 0 spiro atoms. The predicted molar refractivity (Wildman–Crippen MR) is 54.0 cm³/mol. The molecule has 0 saturated carbocycles. The Balaban J connectivity index is 3.28. The van der Waals surface area contributed by atoms with Gasteiger partial charge in [0.15, 0.2) is 0 Å². The van der Waals surface area contributed by atoms with Crippen LogP contribution in [0.4, 0.5) is 0 Å². The summed E-state index contributed by atoms with van der Waals surface area (Å²) in [6, 6.07) is 1.63. The first-order valence-electron chi connectivity index (χ1n) is 2.32. The summed E-state index contributed by atoms with van der Waals surface area (Å²) in [5.41, 5.74) is 0. The van der Waals surface area contributed by atoms with Crippen molar-refractivity contribution in [1.29, 1.82) is 0 Å². The van der Waals surface area contributed by atoms with Crippen molar-refractivity contribution in [3.8, 4) is 5.75 Å². The molecule has 0 fully saturated rings. The first-order chi connectivity index (χ1) is 4.61. The lowest BCUT2D eigenvalue weighted by Gasteiger charge is -1.97. The molecule has 0 amide bonds. The van der Waals surface area contributed by atoms with E-state index in [1.807, 2.05) is 0 Å². The Bertz CT molecular complexity index is 216. The largest absolute Gasteiger partial charge is 0.505 e.